The van der Waals surface area contributed by atoms with Crippen LogP contribution in [0.15, 0.2) is 53.1 Å². The van der Waals surface area contributed by atoms with Crippen molar-refractivity contribution in [2.45, 2.75) is 51.4 Å². The van der Waals surface area contributed by atoms with Gasteiger partial charge in [0, 0.05) is 34.1 Å². The maximum absolute atomic E-state index is 6.26. The van der Waals surface area contributed by atoms with Crippen LogP contribution in [0.3, 0.4) is 0 Å². The minimum Gasteiger partial charge on any atom is -0.437 e. The molecule has 1 saturated carbocycles. The lowest BCUT2D eigenvalue weighted by Crippen LogP contribution is -1.95. The second-order valence-corrected chi connectivity index (χ2v) is 7.99. The zero-order chi connectivity index (χ0) is 18.4. The van der Waals surface area contributed by atoms with E-state index < -0.39 is 0 Å². The van der Waals surface area contributed by atoms with Gasteiger partial charge in [-0.3, -0.25) is 4.98 Å². The molecule has 0 unspecified atom stereocenters. The first-order valence-electron chi connectivity index (χ1n) is 9.99. The van der Waals surface area contributed by atoms with E-state index in [2.05, 4.69) is 56.3 Å². The smallest absolute Gasteiger partial charge is 0.227 e. The van der Waals surface area contributed by atoms with Crippen LogP contribution in [0.25, 0.3) is 33.3 Å². The first-order valence-corrected chi connectivity index (χ1v) is 9.99. The summed E-state index contributed by atoms with van der Waals surface area (Å²) in [5.41, 5.74) is 6.04. The molecule has 136 valence electrons. The van der Waals surface area contributed by atoms with Crippen LogP contribution >= 0.6 is 0 Å². The summed E-state index contributed by atoms with van der Waals surface area (Å²) in [5, 5.41) is 2.20. The minimum absolute atomic E-state index is 0.478. The average Bonchev–Trinajstić information content (AvgIpc) is 3.35. The van der Waals surface area contributed by atoms with Crippen LogP contribution in [-0.4, -0.2) is 9.97 Å². The van der Waals surface area contributed by atoms with Gasteiger partial charge in [0.15, 0.2) is 0 Å². The van der Waals surface area contributed by atoms with E-state index in [-0.39, 0.29) is 0 Å². The molecule has 0 bridgehead atoms. The van der Waals surface area contributed by atoms with E-state index in [1.807, 2.05) is 6.20 Å². The molecule has 0 amide bonds. The van der Waals surface area contributed by atoms with Crippen LogP contribution in [0.2, 0.25) is 0 Å². The molecule has 0 radical (unpaired) electrons. The summed E-state index contributed by atoms with van der Waals surface area (Å²) in [6, 6.07) is 14.9. The van der Waals surface area contributed by atoms with E-state index in [4.69, 9.17) is 14.4 Å². The molecule has 3 nitrogen and oxygen atoms in total. The van der Waals surface area contributed by atoms with E-state index in [0.717, 1.165) is 33.3 Å². The molecule has 3 heteroatoms. The van der Waals surface area contributed by atoms with Crippen molar-refractivity contribution in [3.8, 4) is 11.3 Å². The summed E-state index contributed by atoms with van der Waals surface area (Å²) in [5.74, 6) is 1.07. The maximum atomic E-state index is 6.26. The molecule has 0 saturated heterocycles. The number of nitrogens with zero attached hydrogens (tertiary/aromatic N) is 2. The Morgan fingerprint density at radius 2 is 1.81 bits per heavy atom. The largest absolute Gasteiger partial charge is 0.437 e. The van der Waals surface area contributed by atoms with Gasteiger partial charge in [0.1, 0.15) is 5.58 Å². The molecule has 1 fully saturated rings. The van der Waals surface area contributed by atoms with Gasteiger partial charge in [-0.1, -0.05) is 44.9 Å². The summed E-state index contributed by atoms with van der Waals surface area (Å²) in [6.45, 7) is 4.37. The standard InChI is InChI=1S/C24H24N2O/c1-15(2)17-10-12-22(25-14-17)20-9-5-8-18-19-11-13-21(16-6-3-4-7-16)26-24(19)27-23(18)20/h5,8-16H,3-4,6-7H2,1-2H3. The van der Waals surface area contributed by atoms with Crippen molar-refractivity contribution >= 4 is 22.1 Å². The summed E-state index contributed by atoms with van der Waals surface area (Å²) < 4.78 is 6.26. The Kier molecular flexibility index (Phi) is 3.96. The van der Waals surface area contributed by atoms with Gasteiger partial charge in [0.2, 0.25) is 5.71 Å². The first kappa shape index (κ1) is 16.5. The molecule has 0 aliphatic heterocycles. The number of furan rings is 1. The van der Waals surface area contributed by atoms with E-state index in [9.17, 15) is 0 Å². The fourth-order valence-electron chi connectivity index (χ4n) is 4.25. The highest BCUT2D eigenvalue weighted by molar-refractivity contribution is 6.08. The van der Waals surface area contributed by atoms with Crippen LogP contribution in [0, 0.1) is 0 Å². The lowest BCUT2D eigenvalue weighted by Gasteiger charge is -2.06. The van der Waals surface area contributed by atoms with Crippen molar-refractivity contribution in [2.75, 3.05) is 0 Å². The van der Waals surface area contributed by atoms with Gasteiger partial charge in [0.05, 0.1) is 5.69 Å². The highest BCUT2D eigenvalue weighted by Gasteiger charge is 2.20. The fourth-order valence-corrected chi connectivity index (χ4v) is 4.25. The van der Waals surface area contributed by atoms with Crippen molar-refractivity contribution in [2.24, 2.45) is 0 Å². The third kappa shape index (κ3) is 2.82. The number of hydrogen-bond acceptors (Lipinski definition) is 3. The Morgan fingerprint density at radius 1 is 0.963 bits per heavy atom. The average molecular weight is 356 g/mol. The number of benzene rings is 1. The van der Waals surface area contributed by atoms with Crippen molar-refractivity contribution < 1.29 is 4.42 Å². The van der Waals surface area contributed by atoms with E-state index in [0.29, 0.717) is 11.8 Å². The molecule has 1 aliphatic rings. The normalized spacial score (nSPS) is 15.4. The van der Waals surface area contributed by atoms with Gasteiger partial charge in [-0.05, 0) is 48.6 Å². The molecule has 5 rings (SSSR count). The zero-order valence-electron chi connectivity index (χ0n) is 15.9. The Hall–Kier alpha value is -2.68. The Morgan fingerprint density at radius 3 is 2.56 bits per heavy atom. The van der Waals surface area contributed by atoms with Crippen LogP contribution in [0.1, 0.15) is 62.6 Å². The van der Waals surface area contributed by atoms with Crippen molar-refractivity contribution in [1.29, 1.82) is 0 Å². The van der Waals surface area contributed by atoms with Crippen LogP contribution in [0.5, 0.6) is 0 Å². The van der Waals surface area contributed by atoms with E-state index in [1.54, 1.807) is 0 Å². The van der Waals surface area contributed by atoms with Gasteiger partial charge in [-0.15, -0.1) is 0 Å². The summed E-state index contributed by atoms with van der Waals surface area (Å²) in [4.78, 5) is 9.57. The van der Waals surface area contributed by atoms with Crippen molar-refractivity contribution in [3.63, 3.8) is 0 Å². The SMILES string of the molecule is CC(C)c1ccc(-c2cccc3c2oc2nc(C4CCCC4)ccc23)nc1. The lowest BCUT2D eigenvalue weighted by atomic mass is 10.0. The summed E-state index contributed by atoms with van der Waals surface area (Å²) >= 11 is 0. The minimum atomic E-state index is 0.478. The summed E-state index contributed by atoms with van der Waals surface area (Å²) in [7, 11) is 0. The first-order chi connectivity index (χ1) is 13.2. The van der Waals surface area contributed by atoms with Gasteiger partial charge in [0.25, 0.3) is 0 Å². The molecule has 1 aromatic carbocycles. The molecule has 3 heterocycles. The van der Waals surface area contributed by atoms with Gasteiger partial charge >= 0.3 is 0 Å². The Labute approximate surface area is 159 Å². The van der Waals surface area contributed by atoms with Crippen LogP contribution in [0.4, 0.5) is 0 Å². The highest BCUT2D eigenvalue weighted by atomic mass is 16.3. The number of fused-ring (bicyclic) bond motifs is 3. The number of pyridine rings is 2. The third-order valence-electron chi connectivity index (χ3n) is 5.89. The molecule has 0 atom stereocenters. The van der Waals surface area contributed by atoms with Crippen molar-refractivity contribution in [3.05, 3.63) is 59.9 Å². The monoisotopic (exact) mass is 356 g/mol. The quantitative estimate of drug-likeness (QED) is 0.404. The molecule has 3 aromatic heterocycles. The number of hydrogen-bond donors (Lipinski definition) is 0. The van der Waals surface area contributed by atoms with Crippen LogP contribution < -0.4 is 0 Å². The predicted molar refractivity (Wildman–Crippen MR) is 110 cm³/mol. The third-order valence-corrected chi connectivity index (χ3v) is 5.89. The van der Waals surface area contributed by atoms with Gasteiger partial charge in [-0.2, -0.15) is 0 Å². The van der Waals surface area contributed by atoms with E-state index >= 15 is 0 Å². The molecular formula is C24H24N2O. The second-order valence-electron chi connectivity index (χ2n) is 7.99. The lowest BCUT2D eigenvalue weighted by molar-refractivity contribution is 0.638. The van der Waals surface area contributed by atoms with Gasteiger partial charge in [-0.25, -0.2) is 4.98 Å². The number of aromatic nitrogens is 2. The predicted octanol–water partition coefficient (Wildman–Crippen LogP) is 6.82. The summed E-state index contributed by atoms with van der Waals surface area (Å²) in [6.07, 6.45) is 7.09. The topological polar surface area (TPSA) is 38.9 Å². The second kappa shape index (κ2) is 6.49. The number of rotatable bonds is 3. The molecule has 0 spiro atoms. The zero-order valence-corrected chi connectivity index (χ0v) is 15.9. The van der Waals surface area contributed by atoms with Crippen LogP contribution in [-0.2, 0) is 0 Å². The van der Waals surface area contributed by atoms with E-state index in [1.165, 1.54) is 36.9 Å². The van der Waals surface area contributed by atoms with Crippen molar-refractivity contribution in [1.82, 2.24) is 9.97 Å². The molecule has 0 N–H and O–H groups in total. The Balaban J connectivity index is 1.64. The molecule has 27 heavy (non-hydrogen) atoms. The highest BCUT2D eigenvalue weighted by Crippen LogP contribution is 2.37. The molecule has 4 aromatic rings. The van der Waals surface area contributed by atoms with Gasteiger partial charge < -0.3 is 4.42 Å². The fraction of sp³-hybridized carbons (Fsp3) is 0.333. The number of para-hydroxylation sites is 1. The Bertz CT molecular complexity index is 1100. The maximum Gasteiger partial charge on any atom is 0.227 e. The molecular weight excluding hydrogens is 332 g/mol. The molecule has 1 aliphatic carbocycles.